The van der Waals surface area contributed by atoms with Crippen LogP contribution in [0.3, 0.4) is 0 Å². The predicted molar refractivity (Wildman–Crippen MR) is 168 cm³/mol. The van der Waals surface area contributed by atoms with Crippen molar-refractivity contribution in [3.8, 4) is 5.75 Å². The van der Waals surface area contributed by atoms with Crippen LogP contribution in [0, 0.1) is 5.92 Å². The Morgan fingerprint density at radius 2 is 1.48 bits per heavy atom. The molecule has 212 valence electrons. The molecular weight excluding hydrogens is 660 g/mol. The molecule has 1 saturated heterocycles. The first kappa shape index (κ1) is 28.4. The van der Waals surface area contributed by atoms with Gasteiger partial charge < -0.3 is 9.64 Å². The zero-order valence-electron chi connectivity index (χ0n) is 22.9. The van der Waals surface area contributed by atoms with E-state index in [1.54, 1.807) is 12.0 Å². The van der Waals surface area contributed by atoms with E-state index in [0.717, 1.165) is 36.9 Å². The quantitative estimate of drug-likeness (QED) is 0.191. The van der Waals surface area contributed by atoms with Crippen molar-refractivity contribution >= 4 is 55.3 Å². The number of para-hydroxylation sites is 1. The van der Waals surface area contributed by atoms with Crippen LogP contribution < -0.4 is 9.64 Å². The van der Waals surface area contributed by atoms with Crippen LogP contribution in [0.2, 0.25) is 0 Å². The van der Waals surface area contributed by atoms with Crippen molar-refractivity contribution in [2.75, 3.05) is 12.0 Å². The standard InChI is InChI=1S/C34H28Br2N2O4/c1-42-30-10-6-5-9-24(30)21-38-31(39)18-28(32(38)40)34(19-22-11-13-25(35)14-12-22)27-16-15-26(36)17-29(27)37(33(34)41)20-23-7-3-2-4-8-23/h2-17,28H,18-21H2,1H3/t28-,34+/m0/s1. The lowest BCUT2D eigenvalue weighted by atomic mass is 9.66. The summed E-state index contributed by atoms with van der Waals surface area (Å²) in [6.45, 7) is 0.437. The molecule has 8 heteroatoms. The summed E-state index contributed by atoms with van der Waals surface area (Å²) in [5.74, 6) is -1.07. The van der Waals surface area contributed by atoms with Crippen LogP contribution in [0.25, 0.3) is 0 Å². The van der Waals surface area contributed by atoms with Crippen LogP contribution in [-0.2, 0) is 39.3 Å². The Morgan fingerprint density at radius 3 is 2.21 bits per heavy atom. The van der Waals surface area contributed by atoms with Gasteiger partial charge in [-0.1, -0.05) is 98.6 Å². The van der Waals surface area contributed by atoms with Crippen molar-refractivity contribution in [3.05, 3.63) is 128 Å². The van der Waals surface area contributed by atoms with E-state index in [-0.39, 0.29) is 37.1 Å². The number of hydrogen-bond donors (Lipinski definition) is 0. The molecule has 0 N–H and O–H groups in total. The molecule has 2 heterocycles. The number of amides is 3. The smallest absolute Gasteiger partial charge is 0.239 e. The molecule has 3 amide bonds. The summed E-state index contributed by atoms with van der Waals surface area (Å²) in [6.07, 6.45) is 0.232. The van der Waals surface area contributed by atoms with Crippen LogP contribution in [-0.4, -0.2) is 29.7 Å². The summed E-state index contributed by atoms with van der Waals surface area (Å²) in [4.78, 5) is 45.8. The number of nitrogens with zero attached hydrogens (tertiary/aromatic N) is 2. The number of halogens is 2. The lowest BCUT2D eigenvalue weighted by molar-refractivity contribution is -0.142. The molecule has 0 aromatic heterocycles. The lowest BCUT2D eigenvalue weighted by Gasteiger charge is -2.33. The van der Waals surface area contributed by atoms with Crippen LogP contribution in [0.4, 0.5) is 5.69 Å². The Kier molecular flexibility index (Phi) is 7.77. The van der Waals surface area contributed by atoms with Gasteiger partial charge in [-0.05, 0) is 53.4 Å². The molecule has 0 bridgehead atoms. The fourth-order valence-corrected chi connectivity index (χ4v) is 6.90. The highest BCUT2D eigenvalue weighted by Gasteiger charge is 2.61. The Bertz CT molecular complexity index is 1670. The average molecular weight is 688 g/mol. The first-order valence-corrected chi connectivity index (χ1v) is 15.3. The van der Waals surface area contributed by atoms with Gasteiger partial charge >= 0.3 is 0 Å². The third-order valence-electron chi connectivity index (χ3n) is 8.30. The predicted octanol–water partition coefficient (Wildman–Crippen LogP) is 6.82. The molecule has 2 aliphatic heterocycles. The highest BCUT2D eigenvalue weighted by atomic mass is 79.9. The summed E-state index contributed by atoms with van der Waals surface area (Å²) in [7, 11) is 1.57. The zero-order valence-corrected chi connectivity index (χ0v) is 26.1. The van der Waals surface area contributed by atoms with Gasteiger partial charge in [-0.15, -0.1) is 0 Å². The second kappa shape index (κ2) is 11.5. The molecular formula is C34H28Br2N2O4. The molecule has 4 aromatic carbocycles. The van der Waals surface area contributed by atoms with E-state index in [2.05, 4.69) is 31.9 Å². The number of benzene rings is 4. The number of fused-ring (bicyclic) bond motifs is 1. The molecule has 0 radical (unpaired) electrons. The van der Waals surface area contributed by atoms with E-state index >= 15 is 0 Å². The molecule has 0 aliphatic carbocycles. The van der Waals surface area contributed by atoms with Crippen LogP contribution in [0.15, 0.2) is 106 Å². The monoisotopic (exact) mass is 686 g/mol. The van der Waals surface area contributed by atoms with E-state index < -0.39 is 11.3 Å². The minimum Gasteiger partial charge on any atom is -0.496 e. The van der Waals surface area contributed by atoms with Gasteiger partial charge in [0.05, 0.1) is 31.5 Å². The molecule has 0 spiro atoms. The van der Waals surface area contributed by atoms with Crippen molar-refractivity contribution in [2.24, 2.45) is 5.92 Å². The van der Waals surface area contributed by atoms with Crippen molar-refractivity contribution in [2.45, 2.75) is 31.3 Å². The molecule has 4 aromatic rings. The second-order valence-electron chi connectivity index (χ2n) is 10.7. The maximum absolute atomic E-state index is 14.9. The normalized spacial score (nSPS) is 19.9. The number of imide groups is 1. The van der Waals surface area contributed by atoms with E-state index in [9.17, 15) is 14.4 Å². The van der Waals surface area contributed by atoms with E-state index in [4.69, 9.17) is 4.74 Å². The summed E-state index contributed by atoms with van der Waals surface area (Å²) in [5, 5.41) is 0. The highest BCUT2D eigenvalue weighted by molar-refractivity contribution is 9.10. The number of methoxy groups -OCH3 is 1. The fraction of sp³-hybridized carbons (Fsp3) is 0.206. The summed E-state index contributed by atoms with van der Waals surface area (Å²) < 4.78 is 7.24. The third kappa shape index (κ3) is 4.96. The first-order valence-electron chi connectivity index (χ1n) is 13.7. The van der Waals surface area contributed by atoms with Gasteiger partial charge in [0.25, 0.3) is 0 Å². The summed E-state index contributed by atoms with van der Waals surface area (Å²) >= 11 is 7.09. The third-order valence-corrected chi connectivity index (χ3v) is 9.32. The minimum atomic E-state index is -1.26. The molecule has 0 saturated carbocycles. The first-order chi connectivity index (χ1) is 20.3. The van der Waals surface area contributed by atoms with Crippen LogP contribution in [0.1, 0.15) is 28.7 Å². The van der Waals surface area contributed by atoms with Crippen molar-refractivity contribution in [1.82, 2.24) is 4.90 Å². The molecule has 6 rings (SSSR count). The van der Waals surface area contributed by atoms with Gasteiger partial charge in [0, 0.05) is 26.6 Å². The number of ether oxygens (including phenoxy) is 1. The molecule has 1 fully saturated rings. The van der Waals surface area contributed by atoms with Crippen LogP contribution in [0.5, 0.6) is 5.75 Å². The largest absolute Gasteiger partial charge is 0.496 e. The summed E-state index contributed by atoms with van der Waals surface area (Å²) in [5.41, 5.74) is 2.87. The van der Waals surface area contributed by atoms with E-state index in [1.807, 2.05) is 97.1 Å². The Morgan fingerprint density at radius 1 is 0.786 bits per heavy atom. The van der Waals surface area contributed by atoms with Gasteiger partial charge in [-0.3, -0.25) is 19.3 Å². The maximum atomic E-state index is 14.9. The van der Waals surface area contributed by atoms with E-state index in [0.29, 0.717) is 12.3 Å². The zero-order chi connectivity index (χ0) is 29.4. The van der Waals surface area contributed by atoms with E-state index in [1.165, 1.54) is 4.90 Å². The lowest BCUT2D eigenvalue weighted by Crippen LogP contribution is -2.49. The van der Waals surface area contributed by atoms with Crippen molar-refractivity contribution in [1.29, 1.82) is 0 Å². The number of hydrogen-bond acceptors (Lipinski definition) is 4. The fourth-order valence-electron chi connectivity index (χ4n) is 6.29. The Hall–Kier alpha value is -3.75. The number of carbonyl (C=O) groups is 3. The minimum absolute atomic E-state index is 0.0507. The van der Waals surface area contributed by atoms with Gasteiger partial charge in [0.2, 0.25) is 17.7 Å². The van der Waals surface area contributed by atoms with Gasteiger partial charge in [-0.25, -0.2) is 0 Å². The average Bonchev–Trinajstić information content (AvgIpc) is 3.40. The van der Waals surface area contributed by atoms with Crippen molar-refractivity contribution < 1.29 is 19.1 Å². The Labute approximate surface area is 261 Å². The topological polar surface area (TPSA) is 66.9 Å². The van der Waals surface area contributed by atoms with Gasteiger partial charge in [0.1, 0.15) is 5.75 Å². The number of likely N-dealkylation sites (tertiary alicyclic amines) is 1. The van der Waals surface area contributed by atoms with Crippen LogP contribution >= 0.6 is 31.9 Å². The molecule has 2 aliphatic rings. The Balaban J connectivity index is 1.47. The number of rotatable bonds is 8. The molecule has 42 heavy (non-hydrogen) atoms. The molecule has 2 atom stereocenters. The SMILES string of the molecule is COc1ccccc1CN1C(=O)C[C@H]([C@]2(Cc3ccc(Br)cc3)C(=O)N(Cc3ccccc3)c3cc(Br)ccc32)C1=O. The van der Waals surface area contributed by atoms with Gasteiger partial charge in [0.15, 0.2) is 0 Å². The second-order valence-corrected chi connectivity index (χ2v) is 12.5. The number of carbonyl (C=O) groups excluding carboxylic acids is 3. The molecule has 6 nitrogen and oxygen atoms in total. The maximum Gasteiger partial charge on any atom is 0.239 e. The number of anilines is 1. The van der Waals surface area contributed by atoms with Crippen molar-refractivity contribution in [3.63, 3.8) is 0 Å². The highest BCUT2D eigenvalue weighted by Crippen LogP contribution is 2.52. The van der Waals surface area contributed by atoms with Gasteiger partial charge in [-0.2, -0.15) is 0 Å². The molecule has 0 unspecified atom stereocenters. The summed E-state index contributed by atoms with van der Waals surface area (Å²) in [6, 6.07) is 30.7.